The minimum atomic E-state index is 0.802. The molecule has 134 valence electrons. The number of aromatic nitrogens is 5. The zero-order valence-electron chi connectivity index (χ0n) is 15.5. The van der Waals surface area contributed by atoms with Crippen molar-refractivity contribution in [2.75, 3.05) is 0 Å². The van der Waals surface area contributed by atoms with Crippen LogP contribution in [0.1, 0.15) is 17.1 Å². The number of hydrogen-bond acceptors (Lipinski definition) is 4. The number of pyridine rings is 2. The van der Waals surface area contributed by atoms with E-state index in [1.54, 1.807) is 0 Å². The van der Waals surface area contributed by atoms with Crippen molar-refractivity contribution in [2.24, 2.45) is 0 Å². The van der Waals surface area contributed by atoms with Crippen LogP contribution in [0, 0.1) is 13.8 Å². The van der Waals surface area contributed by atoms with E-state index in [2.05, 4.69) is 61.1 Å². The Hall–Kier alpha value is -3.34. The highest BCUT2D eigenvalue weighted by atomic mass is 15.3. The van der Waals surface area contributed by atoms with E-state index in [-0.39, 0.29) is 0 Å². The average Bonchev–Trinajstić information content (AvgIpc) is 3.08. The summed E-state index contributed by atoms with van der Waals surface area (Å²) >= 11 is 0. The van der Waals surface area contributed by atoms with Crippen LogP contribution >= 0.6 is 0 Å². The molecule has 0 unspecified atom stereocenters. The second kappa shape index (κ2) is 7.50. The molecule has 0 N–H and O–H groups in total. The van der Waals surface area contributed by atoms with E-state index in [9.17, 15) is 0 Å². The maximum Gasteiger partial charge on any atom is 0.182 e. The predicted molar refractivity (Wildman–Crippen MR) is 106 cm³/mol. The van der Waals surface area contributed by atoms with Crippen LogP contribution in [0.15, 0.2) is 67.0 Å². The van der Waals surface area contributed by atoms with Gasteiger partial charge in [-0.15, -0.1) is 10.2 Å². The lowest BCUT2D eigenvalue weighted by molar-refractivity contribution is 0.677. The van der Waals surface area contributed by atoms with Crippen LogP contribution in [0.3, 0.4) is 0 Å². The van der Waals surface area contributed by atoms with E-state index < -0.39 is 0 Å². The summed E-state index contributed by atoms with van der Waals surface area (Å²) in [6.07, 6.45) is 4.58. The third kappa shape index (κ3) is 3.77. The van der Waals surface area contributed by atoms with E-state index in [0.29, 0.717) is 0 Å². The molecular weight excluding hydrogens is 334 g/mol. The van der Waals surface area contributed by atoms with Gasteiger partial charge in [-0.1, -0.05) is 30.3 Å². The molecule has 0 saturated heterocycles. The van der Waals surface area contributed by atoms with E-state index in [1.165, 1.54) is 5.56 Å². The molecule has 0 amide bonds. The van der Waals surface area contributed by atoms with Gasteiger partial charge >= 0.3 is 0 Å². The summed E-state index contributed by atoms with van der Waals surface area (Å²) in [5, 5.41) is 8.67. The summed E-state index contributed by atoms with van der Waals surface area (Å²) in [6.45, 7) is 4.80. The van der Waals surface area contributed by atoms with Gasteiger partial charge in [0.1, 0.15) is 11.5 Å². The van der Waals surface area contributed by atoms with Gasteiger partial charge in [0.25, 0.3) is 0 Å². The molecule has 0 atom stereocenters. The van der Waals surface area contributed by atoms with Crippen molar-refractivity contribution in [1.82, 2.24) is 24.7 Å². The molecule has 1 aromatic carbocycles. The van der Waals surface area contributed by atoms with Crippen LogP contribution < -0.4 is 0 Å². The number of hydrogen-bond donors (Lipinski definition) is 0. The van der Waals surface area contributed by atoms with Crippen LogP contribution in [0.4, 0.5) is 0 Å². The first-order chi connectivity index (χ1) is 13.2. The Morgan fingerprint density at radius 2 is 1.56 bits per heavy atom. The van der Waals surface area contributed by atoms with Crippen LogP contribution in [0.2, 0.25) is 0 Å². The molecule has 0 radical (unpaired) electrons. The van der Waals surface area contributed by atoms with Gasteiger partial charge in [-0.05, 0) is 61.2 Å². The first-order valence-electron chi connectivity index (χ1n) is 9.04. The summed E-state index contributed by atoms with van der Waals surface area (Å²) in [5.41, 5.74) is 5.34. The molecule has 0 fully saturated rings. The quantitative estimate of drug-likeness (QED) is 0.537. The van der Waals surface area contributed by atoms with Crippen LogP contribution in [0.25, 0.3) is 22.6 Å². The second-order valence-corrected chi connectivity index (χ2v) is 6.57. The van der Waals surface area contributed by atoms with E-state index in [4.69, 9.17) is 0 Å². The maximum atomic E-state index is 4.55. The van der Waals surface area contributed by atoms with Crippen LogP contribution in [-0.4, -0.2) is 24.7 Å². The summed E-state index contributed by atoms with van der Waals surface area (Å²) < 4.78 is 2.14. The van der Waals surface area contributed by atoms with Gasteiger partial charge in [-0.2, -0.15) is 0 Å². The lowest BCUT2D eigenvalue weighted by Gasteiger charge is -2.10. The van der Waals surface area contributed by atoms with E-state index in [1.807, 2.05) is 44.4 Å². The van der Waals surface area contributed by atoms with Gasteiger partial charge in [0.05, 0.1) is 0 Å². The van der Waals surface area contributed by atoms with Crippen LogP contribution in [0.5, 0.6) is 0 Å². The number of aryl methyl sites for hydroxylation is 3. The summed E-state index contributed by atoms with van der Waals surface area (Å²) in [6, 6.07) is 18.6. The highest BCUT2D eigenvalue weighted by Gasteiger charge is 2.13. The largest absolute Gasteiger partial charge is 0.310 e. The van der Waals surface area contributed by atoms with Gasteiger partial charge in [0.2, 0.25) is 0 Å². The van der Waals surface area contributed by atoms with Crippen molar-refractivity contribution in [3.8, 4) is 22.6 Å². The molecule has 3 heterocycles. The summed E-state index contributed by atoms with van der Waals surface area (Å²) in [7, 11) is 0. The molecule has 0 spiro atoms. The summed E-state index contributed by atoms with van der Waals surface area (Å²) in [4.78, 5) is 8.82. The highest BCUT2D eigenvalue weighted by molar-refractivity contribution is 5.68. The smallest absolute Gasteiger partial charge is 0.182 e. The Morgan fingerprint density at radius 3 is 2.33 bits per heavy atom. The Kier molecular flexibility index (Phi) is 4.75. The molecule has 0 bridgehead atoms. The molecule has 0 aliphatic rings. The Morgan fingerprint density at radius 1 is 0.815 bits per heavy atom. The minimum absolute atomic E-state index is 0.802. The fraction of sp³-hybridized carbons (Fsp3) is 0.182. The van der Waals surface area contributed by atoms with Crippen molar-refractivity contribution in [3.63, 3.8) is 0 Å². The maximum absolute atomic E-state index is 4.55. The molecule has 5 nitrogen and oxygen atoms in total. The normalized spacial score (nSPS) is 10.9. The fourth-order valence-electron chi connectivity index (χ4n) is 3.18. The SMILES string of the molecule is Cc1cc(-c2ccnc(-c3nnc(C)n3CCc3ccccc3)c2)ccn1. The van der Waals surface area contributed by atoms with Crippen molar-refractivity contribution in [2.45, 2.75) is 26.8 Å². The zero-order valence-corrected chi connectivity index (χ0v) is 15.5. The monoisotopic (exact) mass is 355 g/mol. The van der Waals surface area contributed by atoms with Crippen molar-refractivity contribution < 1.29 is 0 Å². The molecule has 4 rings (SSSR count). The Balaban J connectivity index is 1.65. The molecular formula is C22H21N5. The Labute approximate surface area is 158 Å². The number of nitrogens with zero attached hydrogens (tertiary/aromatic N) is 5. The van der Waals surface area contributed by atoms with Crippen LogP contribution in [-0.2, 0) is 13.0 Å². The molecule has 0 aliphatic heterocycles. The average molecular weight is 355 g/mol. The third-order valence-corrected chi connectivity index (χ3v) is 4.62. The van der Waals surface area contributed by atoms with E-state index >= 15 is 0 Å². The van der Waals surface area contributed by atoms with Gasteiger partial charge in [-0.25, -0.2) is 0 Å². The number of benzene rings is 1. The van der Waals surface area contributed by atoms with Gasteiger partial charge in [0.15, 0.2) is 5.82 Å². The Bertz CT molecular complexity index is 1050. The molecule has 0 saturated carbocycles. The zero-order chi connectivity index (χ0) is 18.6. The molecule has 4 aromatic rings. The predicted octanol–water partition coefficient (Wildman–Crippen LogP) is 4.26. The van der Waals surface area contributed by atoms with E-state index in [0.717, 1.165) is 47.1 Å². The fourth-order valence-corrected chi connectivity index (χ4v) is 3.18. The molecule has 27 heavy (non-hydrogen) atoms. The second-order valence-electron chi connectivity index (χ2n) is 6.57. The molecule has 5 heteroatoms. The van der Waals surface area contributed by atoms with Crippen molar-refractivity contribution >= 4 is 0 Å². The lowest BCUT2D eigenvalue weighted by Crippen LogP contribution is -2.06. The number of rotatable bonds is 5. The topological polar surface area (TPSA) is 56.5 Å². The van der Waals surface area contributed by atoms with Crippen molar-refractivity contribution in [1.29, 1.82) is 0 Å². The third-order valence-electron chi connectivity index (χ3n) is 4.62. The molecule has 3 aromatic heterocycles. The highest BCUT2D eigenvalue weighted by Crippen LogP contribution is 2.24. The standard InChI is InChI=1S/C22H21N5/c1-16-14-19(8-11-23-16)20-9-12-24-21(15-20)22-26-25-17(2)27(22)13-10-18-6-4-3-5-7-18/h3-9,11-12,14-15H,10,13H2,1-2H3. The van der Waals surface area contributed by atoms with Crippen molar-refractivity contribution in [3.05, 3.63) is 84.1 Å². The first kappa shape index (κ1) is 17.1. The van der Waals surface area contributed by atoms with Gasteiger partial charge in [0, 0.05) is 24.6 Å². The van der Waals surface area contributed by atoms with Gasteiger partial charge in [-0.3, -0.25) is 9.97 Å². The summed E-state index contributed by atoms with van der Waals surface area (Å²) in [5.74, 6) is 1.70. The molecule has 0 aliphatic carbocycles. The van der Waals surface area contributed by atoms with Gasteiger partial charge < -0.3 is 4.57 Å². The minimum Gasteiger partial charge on any atom is -0.310 e. The lowest BCUT2D eigenvalue weighted by atomic mass is 10.1. The first-order valence-corrected chi connectivity index (χ1v) is 9.04.